The fourth-order valence-electron chi connectivity index (χ4n) is 3.19. The van der Waals surface area contributed by atoms with E-state index in [0.29, 0.717) is 12.3 Å². The first-order chi connectivity index (χ1) is 13.7. The predicted octanol–water partition coefficient (Wildman–Crippen LogP) is 4.09. The quantitative estimate of drug-likeness (QED) is 0.384. The Kier molecular flexibility index (Phi) is 7.29. The van der Waals surface area contributed by atoms with Crippen LogP contribution in [0.4, 0.5) is 5.69 Å². The minimum Gasteiger partial charge on any atom is -0.459 e. The molecule has 0 fully saturated rings. The lowest BCUT2D eigenvalue weighted by atomic mass is 9.97. The SMILES string of the molecule is CN=C(NCCC1=CCCCC1)NCc1ccc(NC(=O)c2ccco2)cc1. The van der Waals surface area contributed by atoms with Crippen molar-refractivity contribution in [3.63, 3.8) is 0 Å². The summed E-state index contributed by atoms with van der Waals surface area (Å²) < 4.78 is 5.09. The maximum Gasteiger partial charge on any atom is 0.291 e. The molecule has 1 amide bonds. The first-order valence-electron chi connectivity index (χ1n) is 9.81. The van der Waals surface area contributed by atoms with Gasteiger partial charge < -0.3 is 20.4 Å². The fourth-order valence-corrected chi connectivity index (χ4v) is 3.19. The van der Waals surface area contributed by atoms with Gasteiger partial charge in [-0.2, -0.15) is 0 Å². The number of guanidine groups is 1. The second kappa shape index (κ2) is 10.3. The number of nitrogens with one attached hydrogen (secondary N) is 3. The van der Waals surface area contributed by atoms with Crippen LogP contribution in [-0.4, -0.2) is 25.5 Å². The Morgan fingerprint density at radius 1 is 1.14 bits per heavy atom. The van der Waals surface area contributed by atoms with Crippen LogP contribution < -0.4 is 16.0 Å². The minimum atomic E-state index is -0.256. The zero-order valence-corrected chi connectivity index (χ0v) is 16.3. The van der Waals surface area contributed by atoms with E-state index < -0.39 is 0 Å². The zero-order valence-electron chi connectivity index (χ0n) is 16.3. The van der Waals surface area contributed by atoms with Crippen LogP contribution in [-0.2, 0) is 6.54 Å². The van der Waals surface area contributed by atoms with Crippen LogP contribution in [0.3, 0.4) is 0 Å². The lowest BCUT2D eigenvalue weighted by Gasteiger charge is -2.15. The van der Waals surface area contributed by atoms with Crippen molar-refractivity contribution in [2.75, 3.05) is 18.9 Å². The maximum atomic E-state index is 12.0. The Balaban J connectivity index is 1.41. The van der Waals surface area contributed by atoms with E-state index in [1.54, 1.807) is 24.8 Å². The summed E-state index contributed by atoms with van der Waals surface area (Å²) >= 11 is 0. The molecule has 28 heavy (non-hydrogen) atoms. The van der Waals surface area contributed by atoms with Gasteiger partial charge in [0, 0.05) is 25.8 Å². The van der Waals surface area contributed by atoms with Gasteiger partial charge in [0.05, 0.1) is 6.26 Å². The van der Waals surface area contributed by atoms with Crippen molar-refractivity contribution in [2.24, 2.45) is 4.99 Å². The number of carbonyl (C=O) groups excluding carboxylic acids is 1. The summed E-state index contributed by atoms with van der Waals surface area (Å²) in [5, 5.41) is 9.51. The molecule has 1 aromatic carbocycles. The Labute approximate surface area is 166 Å². The zero-order chi connectivity index (χ0) is 19.6. The number of benzene rings is 1. The average molecular weight is 380 g/mol. The summed E-state index contributed by atoms with van der Waals surface area (Å²) in [4.78, 5) is 16.3. The minimum absolute atomic E-state index is 0.256. The molecule has 0 bridgehead atoms. The summed E-state index contributed by atoms with van der Waals surface area (Å²) in [5.74, 6) is 0.838. The molecule has 0 saturated carbocycles. The predicted molar refractivity (Wildman–Crippen MR) is 112 cm³/mol. The molecule has 148 valence electrons. The summed E-state index contributed by atoms with van der Waals surface area (Å²) in [5.41, 5.74) is 3.39. The van der Waals surface area contributed by atoms with Gasteiger partial charge in [-0.1, -0.05) is 23.8 Å². The van der Waals surface area contributed by atoms with Gasteiger partial charge in [-0.15, -0.1) is 0 Å². The van der Waals surface area contributed by atoms with Crippen molar-refractivity contribution >= 4 is 17.6 Å². The molecule has 0 aliphatic heterocycles. The third-order valence-electron chi connectivity index (χ3n) is 4.76. The van der Waals surface area contributed by atoms with E-state index in [4.69, 9.17) is 4.42 Å². The molecular weight excluding hydrogens is 352 g/mol. The highest BCUT2D eigenvalue weighted by Gasteiger charge is 2.08. The number of allylic oxidation sites excluding steroid dienone is 1. The van der Waals surface area contributed by atoms with E-state index in [9.17, 15) is 4.79 Å². The van der Waals surface area contributed by atoms with E-state index >= 15 is 0 Å². The number of furan rings is 1. The largest absolute Gasteiger partial charge is 0.459 e. The Hall–Kier alpha value is -3.02. The Morgan fingerprint density at radius 3 is 2.68 bits per heavy atom. The molecule has 1 aromatic heterocycles. The number of aliphatic imine (C=N–C) groups is 1. The second-order valence-electron chi connectivity index (χ2n) is 6.84. The topological polar surface area (TPSA) is 78.7 Å². The number of anilines is 1. The van der Waals surface area contributed by atoms with Gasteiger partial charge in [0.2, 0.25) is 0 Å². The molecule has 0 unspecified atom stereocenters. The van der Waals surface area contributed by atoms with Crippen molar-refractivity contribution in [1.82, 2.24) is 10.6 Å². The van der Waals surface area contributed by atoms with Crippen LogP contribution in [0.2, 0.25) is 0 Å². The van der Waals surface area contributed by atoms with Gasteiger partial charge >= 0.3 is 0 Å². The van der Waals surface area contributed by atoms with Crippen LogP contribution >= 0.6 is 0 Å². The standard InChI is InChI=1S/C22H28N4O2/c1-23-22(24-14-13-17-6-3-2-4-7-17)25-16-18-9-11-19(12-10-18)26-21(27)20-8-5-15-28-20/h5-6,8-12,15H,2-4,7,13-14,16H2,1H3,(H,26,27)(H2,23,24,25). The van der Waals surface area contributed by atoms with Gasteiger partial charge in [-0.3, -0.25) is 9.79 Å². The Bertz CT molecular complexity index is 808. The van der Waals surface area contributed by atoms with E-state index in [-0.39, 0.29) is 5.91 Å². The first kappa shape index (κ1) is 19.7. The molecule has 3 rings (SSSR count). The highest BCUT2D eigenvalue weighted by atomic mass is 16.3. The number of hydrogen-bond acceptors (Lipinski definition) is 3. The third kappa shape index (κ3) is 6.01. The van der Waals surface area contributed by atoms with Gasteiger partial charge in [0.15, 0.2) is 11.7 Å². The monoisotopic (exact) mass is 380 g/mol. The number of hydrogen-bond donors (Lipinski definition) is 3. The lowest BCUT2D eigenvalue weighted by molar-refractivity contribution is 0.0996. The van der Waals surface area contributed by atoms with Crippen LogP contribution in [0.15, 0.2) is 63.7 Å². The molecule has 1 heterocycles. The molecule has 0 atom stereocenters. The molecule has 2 aromatic rings. The van der Waals surface area contributed by atoms with Gasteiger partial charge in [-0.05, 0) is 61.9 Å². The second-order valence-corrected chi connectivity index (χ2v) is 6.84. The number of amides is 1. The van der Waals surface area contributed by atoms with Gasteiger partial charge in [0.25, 0.3) is 5.91 Å². The fraction of sp³-hybridized carbons (Fsp3) is 0.364. The van der Waals surface area contributed by atoms with E-state index in [1.165, 1.54) is 31.9 Å². The smallest absolute Gasteiger partial charge is 0.291 e. The third-order valence-corrected chi connectivity index (χ3v) is 4.76. The number of rotatable bonds is 7. The summed E-state index contributed by atoms with van der Waals surface area (Å²) in [6.07, 6.45) is 10.0. The molecule has 0 saturated heterocycles. The summed E-state index contributed by atoms with van der Waals surface area (Å²) in [6.45, 7) is 1.55. The molecule has 1 aliphatic rings. The van der Waals surface area contributed by atoms with Gasteiger partial charge in [0.1, 0.15) is 0 Å². The van der Waals surface area contributed by atoms with E-state index in [2.05, 4.69) is 27.0 Å². The summed E-state index contributed by atoms with van der Waals surface area (Å²) in [6, 6.07) is 11.0. The Morgan fingerprint density at radius 2 is 2.00 bits per heavy atom. The highest BCUT2D eigenvalue weighted by molar-refractivity contribution is 6.02. The van der Waals surface area contributed by atoms with Crippen molar-refractivity contribution in [1.29, 1.82) is 0 Å². The molecule has 1 aliphatic carbocycles. The van der Waals surface area contributed by atoms with E-state index in [1.807, 2.05) is 24.3 Å². The van der Waals surface area contributed by atoms with E-state index in [0.717, 1.165) is 30.2 Å². The average Bonchev–Trinajstić information content (AvgIpc) is 3.27. The molecule has 3 N–H and O–H groups in total. The van der Waals surface area contributed by atoms with Crippen molar-refractivity contribution in [3.8, 4) is 0 Å². The van der Waals surface area contributed by atoms with Crippen LogP contribution in [0.5, 0.6) is 0 Å². The van der Waals surface area contributed by atoms with Crippen molar-refractivity contribution in [3.05, 3.63) is 65.6 Å². The summed E-state index contributed by atoms with van der Waals surface area (Å²) in [7, 11) is 1.78. The molecule has 0 radical (unpaired) electrons. The van der Waals surface area contributed by atoms with Crippen LogP contribution in [0.25, 0.3) is 0 Å². The van der Waals surface area contributed by atoms with Gasteiger partial charge in [-0.25, -0.2) is 0 Å². The van der Waals surface area contributed by atoms with Crippen LogP contribution in [0, 0.1) is 0 Å². The first-order valence-corrected chi connectivity index (χ1v) is 9.81. The van der Waals surface area contributed by atoms with Crippen molar-refractivity contribution < 1.29 is 9.21 Å². The normalized spacial score (nSPS) is 14.3. The molecule has 6 nitrogen and oxygen atoms in total. The maximum absolute atomic E-state index is 12.0. The number of carbonyl (C=O) groups is 1. The van der Waals surface area contributed by atoms with Crippen LogP contribution in [0.1, 0.15) is 48.2 Å². The molecular formula is C22H28N4O2. The molecule has 6 heteroatoms. The highest BCUT2D eigenvalue weighted by Crippen LogP contribution is 2.19. The van der Waals surface area contributed by atoms with Crippen molar-refractivity contribution in [2.45, 2.75) is 38.6 Å². The number of nitrogens with zero attached hydrogens (tertiary/aromatic N) is 1. The molecule has 0 spiro atoms. The lowest BCUT2D eigenvalue weighted by Crippen LogP contribution is -2.37.